The van der Waals surface area contributed by atoms with E-state index in [0.717, 1.165) is 0 Å². The van der Waals surface area contributed by atoms with Gasteiger partial charge in [0, 0.05) is 22.8 Å². The molecule has 1 aromatic carbocycles. The highest BCUT2D eigenvalue weighted by atomic mass is 79.9. The fourth-order valence-electron chi connectivity index (χ4n) is 1.48. The number of anilines is 1. The summed E-state index contributed by atoms with van der Waals surface area (Å²) in [6.45, 7) is 1.81. The van der Waals surface area contributed by atoms with Crippen molar-refractivity contribution in [2.45, 2.75) is 30.7 Å². The van der Waals surface area contributed by atoms with Gasteiger partial charge < -0.3 is 10.8 Å². The van der Waals surface area contributed by atoms with Crippen molar-refractivity contribution in [1.29, 1.82) is 0 Å². The molecule has 1 atom stereocenters. The Morgan fingerprint density at radius 1 is 1.50 bits per heavy atom. The molecule has 0 saturated carbocycles. The van der Waals surface area contributed by atoms with E-state index in [1.54, 1.807) is 13.0 Å². The van der Waals surface area contributed by atoms with Crippen LogP contribution in [0.1, 0.15) is 19.8 Å². The van der Waals surface area contributed by atoms with E-state index in [1.165, 1.54) is 12.1 Å². The van der Waals surface area contributed by atoms with Crippen LogP contribution in [-0.2, 0) is 10.0 Å². The number of rotatable bonds is 6. The van der Waals surface area contributed by atoms with Gasteiger partial charge in [-0.2, -0.15) is 0 Å². The maximum atomic E-state index is 12.0. The molecule has 0 spiro atoms. The third-order valence-corrected chi connectivity index (χ3v) is 4.74. The Bertz CT molecular complexity index is 505. The standard InChI is InChI=1S/C11H17BrN2O3S/c1-8(3-2-6-15)14-18(16,17)9-4-5-10(12)11(13)7-9/h4-5,7-8,14-15H,2-3,6,13H2,1H3. The van der Waals surface area contributed by atoms with Gasteiger partial charge in [-0.15, -0.1) is 0 Å². The topological polar surface area (TPSA) is 92.4 Å². The largest absolute Gasteiger partial charge is 0.398 e. The Kier molecular flexibility index (Phi) is 5.58. The van der Waals surface area contributed by atoms with Gasteiger partial charge in [0.2, 0.25) is 10.0 Å². The Hall–Kier alpha value is -0.630. The fraction of sp³-hybridized carbons (Fsp3) is 0.455. The maximum Gasteiger partial charge on any atom is 0.240 e. The predicted molar refractivity (Wildman–Crippen MR) is 74.7 cm³/mol. The Morgan fingerprint density at radius 2 is 2.17 bits per heavy atom. The Morgan fingerprint density at radius 3 is 2.72 bits per heavy atom. The molecule has 7 heteroatoms. The first-order valence-electron chi connectivity index (χ1n) is 5.55. The number of nitrogen functional groups attached to an aromatic ring is 1. The molecule has 0 aliphatic rings. The van der Waals surface area contributed by atoms with Gasteiger partial charge in [0.15, 0.2) is 0 Å². The summed E-state index contributed by atoms with van der Waals surface area (Å²) in [6, 6.07) is 4.27. The minimum absolute atomic E-state index is 0.0529. The monoisotopic (exact) mass is 336 g/mol. The summed E-state index contributed by atoms with van der Waals surface area (Å²) in [5.41, 5.74) is 6.03. The highest BCUT2D eigenvalue weighted by Gasteiger charge is 2.17. The molecule has 18 heavy (non-hydrogen) atoms. The quantitative estimate of drug-likeness (QED) is 0.686. The van der Waals surface area contributed by atoms with E-state index in [-0.39, 0.29) is 17.5 Å². The summed E-state index contributed by atoms with van der Waals surface area (Å²) in [6.07, 6.45) is 1.15. The molecule has 5 nitrogen and oxygen atoms in total. The van der Waals surface area contributed by atoms with E-state index in [1.807, 2.05) is 0 Å². The fourth-order valence-corrected chi connectivity index (χ4v) is 3.04. The van der Waals surface area contributed by atoms with E-state index in [9.17, 15) is 8.42 Å². The van der Waals surface area contributed by atoms with Gasteiger partial charge in [0.05, 0.1) is 4.90 Å². The van der Waals surface area contributed by atoms with Crippen molar-refractivity contribution in [2.75, 3.05) is 12.3 Å². The molecular weight excluding hydrogens is 320 g/mol. The van der Waals surface area contributed by atoms with E-state index in [2.05, 4.69) is 20.7 Å². The average molecular weight is 337 g/mol. The number of nitrogens with two attached hydrogens (primary N) is 1. The first-order valence-corrected chi connectivity index (χ1v) is 7.82. The molecule has 0 radical (unpaired) electrons. The van der Waals surface area contributed by atoms with E-state index < -0.39 is 10.0 Å². The number of aliphatic hydroxyl groups is 1. The maximum absolute atomic E-state index is 12.0. The molecule has 0 saturated heterocycles. The number of sulfonamides is 1. The molecular formula is C11H17BrN2O3S. The second-order valence-electron chi connectivity index (χ2n) is 4.07. The molecule has 0 aliphatic heterocycles. The van der Waals surface area contributed by atoms with Crippen molar-refractivity contribution in [3.8, 4) is 0 Å². The molecule has 1 unspecified atom stereocenters. The van der Waals surface area contributed by atoms with Gasteiger partial charge in [-0.05, 0) is 53.9 Å². The normalized spacial score (nSPS) is 13.5. The number of hydrogen-bond donors (Lipinski definition) is 3. The van der Waals surface area contributed by atoms with Gasteiger partial charge in [-0.3, -0.25) is 0 Å². The first-order chi connectivity index (χ1) is 8.36. The Balaban J connectivity index is 2.83. The van der Waals surface area contributed by atoms with Crippen LogP contribution < -0.4 is 10.5 Å². The van der Waals surface area contributed by atoms with Gasteiger partial charge in [0.1, 0.15) is 0 Å². The van der Waals surface area contributed by atoms with Crippen molar-refractivity contribution >= 4 is 31.6 Å². The van der Waals surface area contributed by atoms with Crippen LogP contribution >= 0.6 is 15.9 Å². The summed E-state index contributed by atoms with van der Waals surface area (Å²) in [7, 11) is -3.56. The van der Waals surface area contributed by atoms with Crippen LogP contribution in [0, 0.1) is 0 Å². The molecule has 1 aromatic rings. The molecule has 0 aliphatic carbocycles. The number of aliphatic hydroxyl groups excluding tert-OH is 1. The van der Waals surface area contributed by atoms with Crippen molar-refractivity contribution in [1.82, 2.24) is 4.72 Å². The van der Waals surface area contributed by atoms with Crippen molar-refractivity contribution < 1.29 is 13.5 Å². The Labute approximate surface area is 116 Å². The second kappa shape index (κ2) is 6.51. The summed E-state index contributed by atoms with van der Waals surface area (Å²) in [5, 5.41) is 8.70. The van der Waals surface area contributed by atoms with Crippen LogP contribution in [0.25, 0.3) is 0 Å². The number of halogens is 1. The molecule has 1 rings (SSSR count). The second-order valence-corrected chi connectivity index (χ2v) is 6.64. The molecule has 0 amide bonds. The minimum atomic E-state index is -3.56. The van der Waals surface area contributed by atoms with Gasteiger partial charge >= 0.3 is 0 Å². The lowest BCUT2D eigenvalue weighted by molar-refractivity contribution is 0.279. The number of nitrogens with one attached hydrogen (secondary N) is 1. The lowest BCUT2D eigenvalue weighted by Crippen LogP contribution is -2.32. The zero-order valence-corrected chi connectivity index (χ0v) is 12.5. The zero-order chi connectivity index (χ0) is 13.8. The molecule has 0 heterocycles. The SMILES string of the molecule is CC(CCCO)NS(=O)(=O)c1ccc(Br)c(N)c1. The van der Waals surface area contributed by atoms with Gasteiger partial charge in [-0.25, -0.2) is 13.1 Å². The summed E-state index contributed by atoms with van der Waals surface area (Å²) in [5.74, 6) is 0. The zero-order valence-electron chi connectivity index (χ0n) is 10.1. The molecule has 0 aromatic heterocycles. The summed E-state index contributed by atoms with van der Waals surface area (Å²) < 4.78 is 27.3. The molecule has 0 fully saturated rings. The number of benzene rings is 1. The average Bonchev–Trinajstić information content (AvgIpc) is 2.29. The van der Waals surface area contributed by atoms with Gasteiger partial charge in [0.25, 0.3) is 0 Å². The van der Waals surface area contributed by atoms with Crippen molar-refractivity contribution in [3.05, 3.63) is 22.7 Å². The van der Waals surface area contributed by atoms with E-state index in [0.29, 0.717) is 23.0 Å². The van der Waals surface area contributed by atoms with Crippen LogP contribution in [0.3, 0.4) is 0 Å². The lowest BCUT2D eigenvalue weighted by Gasteiger charge is -2.14. The van der Waals surface area contributed by atoms with Crippen LogP contribution in [-0.4, -0.2) is 26.2 Å². The summed E-state index contributed by atoms with van der Waals surface area (Å²) >= 11 is 3.21. The highest BCUT2D eigenvalue weighted by Crippen LogP contribution is 2.22. The van der Waals surface area contributed by atoms with Crippen molar-refractivity contribution in [3.63, 3.8) is 0 Å². The third kappa shape index (κ3) is 4.24. The van der Waals surface area contributed by atoms with Crippen LogP contribution in [0.15, 0.2) is 27.6 Å². The lowest BCUT2D eigenvalue weighted by atomic mass is 10.2. The molecule has 0 bridgehead atoms. The van der Waals surface area contributed by atoms with Crippen LogP contribution in [0.4, 0.5) is 5.69 Å². The highest BCUT2D eigenvalue weighted by molar-refractivity contribution is 9.10. The smallest absolute Gasteiger partial charge is 0.240 e. The minimum Gasteiger partial charge on any atom is -0.398 e. The van der Waals surface area contributed by atoms with Crippen LogP contribution in [0.5, 0.6) is 0 Å². The van der Waals surface area contributed by atoms with Crippen molar-refractivity contribution in [2.24, 2.45) is 0 Å². The molecule has 4 N–H and O–H groups in total. The van der Waals surface area contributed by atoms with Gasteiger partial charge in [-0.1, -0.05) is 0 Å². The summed E-state index contributed by atoms with van der Waals surface area (Å²) in [4.78, 5) is 0.138. The first kappa shape index (κ1) is 15.4. The van der Waals surface area contributed by atoms with Crippen LogP contribution in [0.2, 0.25) is 0 Å². The van der Waals surface area contributed by atoms with E-state index in [4.69, 9.17) is 10.8 Å². The third-order valence-electron chi connectivity index (χ3n) is 2.43. The predicted octanol–water partition coefficient (Wildman–Crippen LogP) is 1.47. The molecule has 102 valence electrons. The number of hydrogen-bond acceptors (Lipinski definition) is 4. The van der Waals surface area contributed by atoms with E-state index >= 15 is 0 Å².